The van der Waals surface area contributed by atoms with Crippen molar-refractivity contribution in [3.05, 3.63) is 29.8 Å². The number of methoxy groups -OCH3 is 1. The molecule has 2 unspecified atom stereocenters. The molecule has 4 heteroatoms. The summed E-state index contributed by atoms with van der Waals surface area (Å²) in [6.45, 7) is 6.46. The molecule has 1 spiro atoms. The van der Waals surface area contributed by atoms with Crippen LogP contribution in [0.3, 0.4) is 0 Å². The van der Waals surface area contributed by atoms with Gasteiger partial charge in [-0.1, -0.05) is 32.0 Å². The fourth-order valence-electron chi connectivity index (χ4n) is 3.10. The van der Waals surface area contributed by atoms with Crippen LogP contribution in [0.2, 0.25) is 0 Å². The first-order chi connectivity index (χ1) is 10.00. The normalized spacial score (nSPS) is 24.7. The number of ether oxygens (including phenoxy) is 1. The van der Waals surface area contributed by atoms with Crippen LogP contribution in [0.5, 0.6) is 5.75 Å². The van der Waals surface area contributed by atoms with Crippen molar-refractivity contribution in [2.75, 3.05) is 7.11 Å². The molecule has 1 aliphatic heterocycles. The van der Waals surface area contributed by atoms with E-state index in [1.165, 1.54) is 0 Å². The van der Waals surface area contributed by atoms with Crippen molar-refractivity contribution in [3.8, 4) is 5.75 Å². The minimum Gasteiger partial charge on any atom is -0.496 e. The highest BCUT2D eigenvalue weighted by atomic mass is 16.5. The number of carbonyl (C=O) groups excluding carboxylic acids is 1. The maximum Gasteiger partial charge on any atom is 0.244 e. The molecule has 1 N–H and O–H groups in total. The number of nitrogens with zero attached hydrogens (tertiary/aromatic N) is 1. The topological polar surface area (TPSA) is 41.6 Å². The highest BCUT2D eigenvalue weighted by Gasteiger charge is 2.60. The molecule has 0 bridgehead atoms. The van der Waals surface area contributed by atoms with Gasteiger partial charge in [-0.25, -0.2) is 0 Å². The molecular formula is C17H24N2O2. The summed E-state index contributed by atoms with van der Waals surface area (Å²) in [5.41, 5.74) is 0.735. The van der Waals surface area contributed by atoms with Crippen LogP contribution in [-0.4, -0.2) is 29.5 Å². The van der Waals surface area contributed by atoms with Crippen LogP contribution in [0.1, 0.15) is 45.3 Å². The molecule has 1 amide bonds. The largest absolute Gasteiger partial charge is 0.496 e. The van der Waals surface area contributed by atoms with Crippen LogP contribution < -0.4 is 10.1 Å². The Hall–Kier alpha value is -1.55. The third-order valence-electron chi connectivity index (χ3n) is 4.92. The monoisotopic (exact) mass is 288 g/mol. The van der Waals surface area contributed by atoms with Crippen LogP contribution >= 0.6 is 0 Å². The SMILES string of the molecule is COc1ccccc1C1NC2(CC2)C(=O)N1C(C)C(C)C. The van der Waals surface area contributed by atoms with Gasteiger partial charge in [0.1, 0.15) is 17.5 Å². The van der Waals surface area contributed by atoms with Crippen molar-refractivity contribution in [2.24, 2.45) is 5.92 Å². The van der Waals surface area contributed by atoms with Crippen LogP contribution in [0, 0.1) is 5.92 Å². The highest BCUT2D eigenvalue weighted by molar-refractivity contribution is 5.92. The third kappa shape index (κ3) is 2.22. The van der Waals surface area contributed by atoms with Crippen LogP contribution in [0.15, 0.2) is 24.3 Å². The van der Waals surface area contributed by atoms with Crippen molar-refractivity contribution in [1.29, 1.82) is 0 Å². The molecule has 1 saturated carbocycles. The molecule has 1 heterocycles. The summed E-state index contributed by atoms with van der Waals surface area (Å²) in [7, 11) is 1.68. The molecule has 0 aromatic heterocycles. The second kappa shape index (κ2) is 5.02. The van der Waals surface area contributed by atoms with Crippen LogP contribution in [0.4, 0.5) is 0 Å². The smallest absolute Gasteiger partial charge is 0.244 e. The average molecular weight is 288 g/mol. The number of para-hydroxylation sites is 1. The highest BCUT2D eigenvalue weighted by Crippen LogP contribution is 2.48. The zero-order valence-corrected chi connectivity index (χ0v) is 13.2. The summed E-state index contributed by atoms with van der Waals surface area (Å²) in [6, 6.07) is 8.16. The lowest BCUT2D eigenvalue weighted by atomic mass is 10.0. The first kappa shape index (κ1) is 14.4. The van der Waals surface area contributed by atoms with E-state index in [1.807, 2.05) is 29.2 Å². The second-order valence-corrected chi connectivity index (χ2v) is 6.57. The predicted molar refractivity (Wildman–Crippen MR) is 82.0 cm³/mol. The second-order valence-electron chi connectivity index (χ2n) is 6.57. The molecule has 2 aliphatic rings. The molecule has 1 aromatic rings. The Bertz CT molecular complexity index is 551. The fourth-order valence-corrected chi connectivity index (χ4v) is 3.10. The number of hydrogen-bond acceptors (Lipinski definition) is 3. The molecule has 0 radical (unpaired) electrons. The van der Waals surface area contributed by atoms with E-state index in [4.69, 9.17) is 4.74 Å². The van der Waals surface area contributed by atoms with E-state index in [-0.39, 0.29) is 23.7 Å². The number of nitrogens with one attached hydrogen (secondary N) is 1. The quantitative estimate of drug-likeness (QED) is 0.926. The molecule has 21 heavy (non-hydrogen) atoms. The molecule has 2 fully saturated rings. The summed E-state index contributed by atoms with van der Waals surface area (Å²) in [6.07, 6.45) is 1.80. The number of rotatable bonds is 4. The van der Waals surface area contributed by atoms with Crippen molar-refractivity contribution in [2.45, 2.75) is 51.4 Å². The van der Waals surface area contributed by atoms with Crippen LogP contribution in [-0.2, 0) is 4.79 Å². The Kier molecular flexibility index (Phi) is 3.44. The fraction of sp³-hybridized carbons (Fsp3) is 0.588. The van der Waals surface area contributed by atoms with Gasteiger partial charge in [0.25, 0.3) is 0 Å². The van der Waals surface area contributed by atoms with E-state index in [0.29, 0.717) is 5.92 Å². The standard InChI is InChI=1S/C17H24N2O2/c1-11(2)12(3)19-15(18-17(9-10-17)16(19)20)13-7-5-6-8-14(13)21-4/h5-8,11-12,15,18H,9-10H2,1-4H3. The lowest BCUT2D eigenvalue weighted by Crippen LogP contribution is -2.41. The molecule has 1 saturated heterocycles. The van der Waals surface area contributed by atoms with Gasteiger partial charge in [-0.15, -0.1) is 0 Å². The zero-order chi connectivity index (χ0) is 15.2. The molecule has 114 valence electrons. The van der Waals surface area contributed by atoms with E-state index in [0.717, 1.165) is 24.2 Å². The van der Waals surface area contributed by atoms with Gasteiger partial charge in [0, 0.05) is 11.6 Å². The van der Waals surface area contributed by atoms with Crippen molar-refractivity contribution < 1.29 is 9.53 Å². The first-order valence-corrected chi connectivity index (χ1v) is 7.73. The van der Waals surface area contributed by atoms with Crippen molar-refractivity contribution >= 4 is 5.91 Å². The van der Waals surface area contributed by atoms with Gasteiger partial charge < -0.3 is 9.64 Å². The average Bonchev–Trinajstić information content (AvgIpc) is 3.20. The van der Waals surface area contributed by atoms with Gasteiger partial charge in [0.05, 0.1) is 7.11 Å². The van der Waals surface area contributed by atoms with E-state index in [2.05, 4.69) is 26.1 Å². The van der Waals surface area contributed by atoms with Gasteiger partial charge in [0.15, 0.2) is 0 Å². The number of amides is 1. The van der Waals surface area contributed by atoms with E-state index < -0.39 is 0 Å². The minimum atomic E-state index is -0.311. The Morgan fingerprint density at radius 1 is 1.29 bits per heavy atom. The lowest BCUT2D eigenvalue weighted by Gasteiger charge is -2.33. The van der Waals surface area contributed by atoms with Gasteiger partial charge in [-0.05, 0) is 31.7 Å². The summed E-state index contributed by atoms with van der Waals surface area (Å²) in [5.74, 6) is 1.50. The maximum atomic E-state index is 12.8. The zero-order valence-electron chi connectivity index (χ0n) is 13.2. The molecule has 1 aliphatic carbocycles. The first-order valence-electron chi connectivity index (χ1n) is 7.73. The number of benzene rings is 1. The van der Waals surface area contributed by atoms with Crippen LogP contribution in [0.25, 0.3) is 0 Å². The van der Waals surface area contributed by atoms with E-state index in [9.17, 15) is 4.79 Å². The molecule has 1 aromatic carbocycles. The lowest BCUT2D eigenvalue weighted by molar-refractivity contribution is -0.133. The summed E-state index contributed by atoms with van der Waals surface area (Å²) >= 11 is 0. The molecule has 4 nitrogen and oxygen atoms in total. The van der Waals surface area contributed by atoms with Crippen molar-refractivity contribution in [1.82, 2.24) is 10.2 Å². The van der Waals surface area contributed by atoms with E-state index >= 15 is 0 Å². The van der Waals surface area contributed by atoms with Gasteiger partial charge >= 0.3 is 0 Å². The summed E-state index contributed by atoms with van der Waals surface area (Å²) in [5, 5.41) is 3.56. The minimum absolute atomic E-state index is 0.0893. The Balaban J connectivity index is 2.01. The Morgan fingerprint density at radius 2 is 1.95 bits per heavy atom. The van der Waals surface area contributed by atoms with Gasteiger partial charge in [0.2, 0.25) is 5.91 Å². The maximum absolute atomic E-state index is 12.8. The van der Waals surface area contributed by atoms with Gasteiger partial charge in [-0.2, -0.15) is 0 Å². The predicted octanol–water partition coefficient (Wildman–Crippen LogP) is 2.70. The van der Waals surface area contributed by atoms with Crippen molar-refractivity contribution in [3.63, 3.8) is 0 Å². The summed E-state index contributed by atoms with van der Waals surface area (Å²) in [4.78, 5) is 14.9. The molecule has 2 atom stereocenters. The molecule has 3 rings (SSSR count). The number of hydrogen-bond donors (Lipinski definition) is 1. The summed E-state index contributed by atoms with van der Waals surface area (Å²) < 4.78 is 5.49. The Morgan fingerprint density at radius 3 is 2.52 bits per heavy atom. The Labute approximate surface area is 126 Å². The third-order valence-corrected chi connectivity index (χ3v) is 4.92. The molecular weight excluding hydrogens is 264 g/mol. The number of carbonyl (C=O) groups is 1. The van der Waals surface area contributed by atoms with Gasteiger partial charge in [-0.3, -0.25) is 10.1 Å². The van der Waals surface area contributed by atoms with E-state index in [1.54, 1.807) is 7.11 Å².